The van der Waals surface area contributed by atoms with Crippen LogP contribution in [-0.4, -0.2) is 38.9 Å². The molecular formula is C29H32N4O5. The standard InChI is InChI=1S/C29H32N4O5/c1-3-15-31(16-4-2)26(34)20-32-25-10-6-5-9-24(25)28(36)33(29(32)37)19-21-11-13-22(14-12-21)27(35)30-18-23-8-7-17-38-23/h5-14,17H,3-4,15-16,18-20H2,1-2H3,(H,30,35). The lowest BCUT2D eigenvalue weighted by Gasteiger charge is -2.22. The Morgan fingerprint density at radius 2 is 1.61 bits per heavy atom. The predicted molar refractivity (Wildman–Crippen MR) is 145 cm³/mol. The summed E-state index contributed by atoms with van der Waals surface area (Å²) in [7, 11) is 0. The van der Waals surface area contributed by atoms with Crippen LogP contribution < -0.4 is 16.6 Å². The minimum atomic E-state index is -0.546. The van der Waals surface area contributed by atoms with Crippen molar-refractivity contribution >= 4 is 22.7 Å². The fourth-order valence-corrected chi connectivity index (χ4v) is 4.43. The predicted octanol–water partition coefficient (Wildman–Crippen LogP) is 3.38. The summed E-state index contributed by atoms with van der Waals surface area (Å²) in [6.45, 7) is 5.37. The molecule has 0 bridgehead atoms. The Morgan fingerprint density at radius 3 is 2.26 bits per heavy atom. The molecule has 0 aliphatic carbocycles. The number of para-hydroxylation sites is 1. The molecule has 0 unspecified atom stereocenters. The van der Waals surface area contributed by atoms with Gasteiger partial charge >= 0.3 is 5.69 Å². The molecule has 0 saturated carbocycles. The van der Waals surface area contributed by atoms with Crippen molar-refractivity contribution < 1.29 is 14.0 Å². The summed E-state index contributed by atoms with van der Waals surface area (Å²) < 4.78 is 7.75. The molecule has 0 aliphatic heterocycles. The van der Waals surface area contributed by atoms with Crippen molar-refractivity contribution in [2.24, 2.45) is 0 Å². The van der Waals surface area contributed by atoms with Gasteiger partial charge in [-0.1, -0.05) is 38.1 Å². The van der Waals surface area contributed by atoms with E-state index < -0.39 is 11.2 Å². The number of carbonyl (C=O) groups is 2. The number of amides is 2. The van der Waals surface area contributed by atoms with Crippen LogP contribution >= 0.6 is 0 Å². The van der Waals surface area contributed by atoms with Gasteiger partial charge in [0.2, 0.25) is 5.91 Å². The first kappa shape index (κ1) is 26.7. The summed E-state index contributed by atoms with van der Waals surface area (Å²) in [5.74, 6) is 0.226. The monoisotopic (exact) mass is 516 g/mol. The maximum Gasteiger partial charge on any atom is 0.332 e. The lowest BCUT2D eigenvalue weighted by Crippen LogP contribution is -2.44. The number of aromatic nitrogens is 2. The molecular weight excluding hydrogens is 484 g/mol. The number of hydrogen-bond acceptors (Lipinski definition) is 5. The second kappa shape index (κ2) is 12.2. The van der Waals surface area contributed by atoms with E-state index in [0.29, 0.717) is 40.9 Å². The summed E-state index contributed by atoms with van der Waals surface area (Å²) in [5, 5.41) is 3.15. The molecule has 9 nitrogen and oxygen atoms in total. The van der Waals surface area contributed by atoms with Crippen LogP contribution in [-0.2, 0) is 24.4 Å². The number of benzene rings is 2. The normalized spacial score (nSPS) is 11.0. The molecule has 2 amide bonds. The molecule has 2 heterocycles. The van der Waals surface area contributed by atoms with Gasteiger partial charge in [0.1, 0.15) is 12.3 Å². The zero-order chi connectivity index (χ0) is 27.1. The first-order valence-corrected chi connectivity index (χ1v) is 12.8. The van der Waals surface area contributed by atoms with Crippen LogP contribution in [0.1, 0.15) is 48.4 Å². The molecule has 9 heteroatoms. The number of fused-ring (bicyclic) bond motifs is 1. The Balaban J connectivity index is 1.60. The highest BCUT2D eigenvalue weighted by molar-refractivity contribution is 5.94. The highest BCUT2D eigenvalue weighted by atomic mass is 16.3. The van der Waals surface area contributed by atoms with E-state index in [0.717, 1.165) is 17.4 Å². The van der Waals surface area contributed by atoms with Gasteiger partial charge in [0.25, 0.3) is 11.5 Å². The van der Waals surface area contributed by atoms with E-state index in [1.54, 1.807) is 71.8 Å². The van der Waals surface area contributed by atoms with Gasteiger partial charge in [-0.05, 0) is 54.8 Å². The van der Waals surface area contributed by atoms with Crippen LogP contribution in [0.5, 0.6) is 0 Å². The van der Waals surface area contributed by atoms with Crippen LogP contribution in [0.15, 0.2) is 80.9 Å². The fourth-order valence-electron chi connectivity index (χ4n) is 4.43. The minimum Gasteiger partial charge on any atom is -0.467 e. The van der Waals surface area contributed by atoms with E-state index in [4.69, 9.17) is 4.42 Å². The minimum absolute atomic E-state index is 0.0125. The molecule has 2 aromatic carbocycles. The maximum absolute atomic E-state index is 13.5. The van der Waals surface area contributed by atoms with Crippen molar-refractivity contribution in [3.05, 3.63) is 105 Å². The van der Waals surface area contributed by atoms with Gasteiger partial charge in [0.05, 0.1) is 30.3 Å². The third-order valence-corrected chi connectivity index (χ3v) is 6.33. The molecule has 0 saturated heterocycles. The molecule has 1 N–H and O–H groups in total. The summed E-state index contributed by atoms with van der Waals surface area (Å²) in [6, 6.07) is 17.1. The van der Waals surface area contributed by atoms with Crippen molar-refractivity contribution in [3.8, 4) is 0 Å². The third-order valence-electron chi connectivity index (χ3n) is 6.33. The Morgan fingerprint density at radius 1 is 0.895 bits per heavy atom. The van der Waals surface area contributed by atoms with Gasteiger partial charge in [0, 0.05) is 18.7 Å². The van der Waals surface area contributed by atoms with Crippen LogP contribution in [0.2, 0.25) is 0 Å². The van der Waals surface area contributed by atoms with Crippen molar-refractivity contribution in [1.29, 1.82) is 0 Å². The van der Waals surface area contributed by atoms with Gasteiger partial charge < -0.3 is 14.6 Å². The van der Waals surface area contributed by atoms with Crippen molar-refractivity contribution in [2.75, 3.05) is 13.1 Å². The topological polar surface area (TPSA) is 107 Å². The molecule has 38 heavy (non-hydrogen) atoms. The molecule has 4 rings (SSSR count). The number of carbonyl (C=O) groups excluding carboxylic acids is 2. The number of nitrogens with one attached hydrogen (secondary N) is 1. The number of rotatable bonds is 11. The molecule has 0 spiro atoms. The molecule has 198 valence electrons. The fraction of sp³-hybridized carbons (Fsp3) is 0.310. The van der Waals surface area contributed by atoms with E-state index in [1.165, 1.54) is 4.57 Å². The highest BCUT2D eigenvalue weighted by Gasteiger charge is 2.19. The first-order valence-electron chi connectivity index (χ1n) is 12.8. The molecule has 0 aliphatic rings. The van der Waals surface area contributed by atoms with E-state index in [1.807, 2.05) is 13.8 Å². The van der Waals surface area contributed by atoms with Crippen molar-refractivity contribution in [2.45, 2.75) is 46.3 Å². The van der Waals surface area contributed by atoms with Crippen molar-refractivity contribution in [1.82, 2.24) is 19.4 Å². The molecule has 0 radical (unpaired) electrons. The first-order chi connectivity index (χ1) is 18.4. The summed E-state index contributed by atoms with van der Waals surface area (Å²) >= 11 is 0. The maximum atomic E-state index is 13.5. The van der Waals surface area contributed by atoms with Gasteiger partial charge in [-0.15, -0.1) is 0 Å². The average molecular weight is 517 g/mol. The number of hydrogen-bond donors (Lipinski definition) is 1. The zero-order valence-corrected chi connectivity index (χ0v) is 21.7. The van der Waals surface area contributed by atoms with Crippen LogP contribution in [0.4, 0.5) is 0 Å². The lowest BCUT2D eigenvalue weighted by atomic mass is 10.1. The lowest BCUT2D eigenvalue weighted by molar-refractivity contribution is -0.131. The van der Waals surface area contributed by atoms with E-state index in [2.05, 4.69) is 5.32 Å². The molecule has 0 fully saturated rings. The van der Waals surface area contributed by atoms with Crippen molar-refractivity contribution in [3.63, 3.8) is 0 Å². The van der Waals surface area contributed by atoms with Gasteiger partial charge in [0.15, 0.2) is 0 Å². The van der Waals surface area contributed by atoms with Gasteiger partial charge in [-0.25, -0.2) is 4.79 Å². The van der Waals surface area contributed by atoms with Gasteiger partial charge in [-0.2, -0.15) is 0 Å². The van der Waals surface area contributed by atoms with E-state index in [-0.39, 0.29) is 31.4 Å². The summed E-state index contributed by atoms with van der Waals surface area (Å²) in [5.41, 5.74) is 0.590. The third kappa shape index (κ3) is 5.94. The van der Waals surface area contributed by atoms with Crippen LogP contribution in [0, 0.1) is 0 Å². The Bertz CT molecular complexity index is 1510. The number of furan rings is 1. The largest absolute Gasteiger partial charge is 0.467 e. The highest BCUT2D eigenvalue weighted by Crippen LogP contribution is 2.11. The summed E-state index contributed by atoms with van der Waals surface area (Å²) in [6.07, 6.45) is 3.18. The molecule has 2 aromatic heterocycles. The Kier molecular flexibility index (Phi) is 8.58. The SMILES string of the molecule is CCCN(CCC)C(=O)Cn1c(=O)n(Cc2ccc(C(=O)NCc3ccco3)cc2)c(=O)c2ccccc21. The molecule has 0 atom stereocenters. The smallest absolute Gasteiger partial charge is 0.332 e. The second-order valence-corrected chi connectivity index (χ2v) is 9.12. The van der Waals surface area contributed by atoms with Gasteiger partial charge in [-0.3, -0.25) is 23.5 Å². The summed E-state index contributed by atoms with van der Waals surface area (Å²) in [4.78, 5) is 54.1. The van der Waals surface area contributed by atoms with E-state index in [9.17, 15) is 19.2 Å². The second-order valence-electron chi connectivity index (χ2n) is 9.12. The Labute approximate surface area is 220 Å². The zero-order valence-electron chi connectivity index (χ0n) is 21.7. The average Bonchev–Trinajstić information content (AvgIpc) is 3.46. The van der Waals surface area contributed by atoms with Crippen LogP contribution in [0.25, 0.3) is 10.9 Å². The van der Waals surface area contributed by atoms with Crippen LogP contribution in [0.3, 0.4) is 0 Å². The molecule has 4 aromatic rings. The Hall–Kier alpha value is -4.40. The quantitative estimate of drug-likeness (QED) is 0.329. The number of nitrogens with zero attached hydrogens (tertiary/aromatic N) is 3. The van der Waals surface area contributed by atoms with E-state index >= 15 is 0 Å².